The van der Waals surface area contributed by atoms with Gasteiger partial charge in [-0.1, -0.05) is 6.07 Å². The minimum atomic E-state index is -0.342. The van der Waals surface area contributed by atoms with Crippen LogP contribution in [0.15, 0.2) is 54.7 Å². The topological polar surface area (TPSA) is 49.8 Å². The molecule has 0 radical (unpaired) electrons. The first-order valence-electron chi connectivity index (χ1n) is 7.83. The zero-order valence-corrected chi connectivity index (χ0v) is 13.1. The second-order valence-corrected chi connectivity index (χ2v) is 5.71. The monoisotopic (exact) mass is 321 g/mol. The van der Waals surface area contributed by atoms with Gasteiger partial charge in [-0.05, 0) is 49.4 Å². The van der Waals surface area contributed by atoms with Crippen molar-refractivity contribution in [1.82, 2.24) is 9.55 Å². The van der Waals surface area contributed by atoms with Gasteiger partial charge in [-0.3, -0.25) is 4.79 Å². The maximum absolute atomic E-state index is 13.7. The van der Waals surface area contributed by atoms with Crippen LogP contribution >= 0.6 is 0 Å². The zero-order valence-electron chi connectivity index (χ0n) is 13.1. The molecule has 4 aromatic rings. The van der Waals surface area contributed by atoms with Gasteiger partial charge in [-0.15, -0.1) is 0 Å². The SMILES string of the molecule is CCn1ccc2cc(NC(=O)c3cc4c(F)cccc4[nH]3)ccc21. The highest BCUT2D eigenvalue weighted by Gasteiger charge is 2.12. The first-order valence-corrected chi connectivity index (χ1v) is 7.83. The minimum absolute atomic E-state index is 0.292. The van der Waals surface area contributed by atoms with Crippen LogP contribution in [0.4, 0.5) is 10.1 Å². The van der Waals surface area contributed by atoms with Crippen molar-refractivity contribution in [3.05, 3.63) is 66.2 Å². The highest BCUT2D eigenvalue weighted by Crippen LogP contribution is 2.22. The molecular formula is C19H16FN3O. The van der Waals surface area contributed by atoms with Crippen molar-refractivity contribution in [1.29, 1.82) is 0 Å². The van der Waals surface area contributed by atoms with Crippen LogP contribution in [0.1, 0.15) is 17.4 Å². The Hall–Kier alpha value is -3.08. The van der Waals surface area contributed by atoms with Crippen LogP contribution in [-0.2, 0) is 6.54 Å². The smallest absolute Gasteiger partial charge is 0.272 e. The van der Waals surface area contributed by atoms with Crippen LogP contribution in [0.3, 0.4) is 0 Å². The van der Waals surface area contributed by atoms with E-state index < -0.39 is 0 Å². The second kappa shape index (κ2) is 5.53. The van der Waals surface area contributed by atoms with Gasteiger partial charge in [0.15, 0.2) is 0 Å². The molecule has 2 N–H and O–H groups in total. The number of fused-ring (bicyclic) bond motifs is 2. The van der Waals surface area contributed by atoms with Crippen molar-refractivity contribution in [3.8, 4) is 0 Å². The van der Waals surface area contributed by atoms with E-state index in [0.29, 0.717) is 22.3 Å². The maximum Gasteiger partial charge on any atom is 0.272 e. The molecule has 2 heterocycles. The molecule has 1 amide bonds. The van der Waals surface area contributed by atoms with E-state index in [9.17, 15) is 9.18 Å². The summed E-state index contributed by atoms with van der Waals surface area (Å²) < 4.78 is 15.9. The van der Waals surface area contributed by atoms with E-state index in [2.05, 4.69) is 21.8 Å². The Morgan fingerprint density at radius 1 is 1.21 bits per heavy atom. The number of anilines is 1. The fourth-order valence-electron chi connectivity index (χ4n) is 2.99. The Bertz CT molecular complexity index is 1060. The van der Waals surface area contributed by atoms with E-state index in [1.807, 2.05) is 30.5 Å². The number of rotatable bonds is 3. The standard InChI is InChI=1S/C19H16FN3O/c1-2-23-9-8-12-10-13(6-7-18(12)23)21-19(24)17-11-14-15(20)4-3-5-16(14)22-17/h3-11,22H,2H2,1H3,(H,21,24). The molecule has 120 valence electrons. The number of amides is 1. The third kappa shape index (κ3) is 2.34. The lowest BCUT2D eigenvalue weighted by atomic mass is 10.2. The average Bonchev–Trinajstić information content (AvgIpc) is 3.19. The van der Waals surface area contributed by atoms with E-state index >= 15 is 0 Å². The number of aromatic amines is 1. The first-order chi connectivity index (χ1) is 11.7. The number of benzene rings is 2. The molecule has 4 rings (SSSR count). The Kier molecular flexibility index (Phi) is 3.34. The summed E-state index contributed by atoms with van der Waals surface area (Å²) in [6.45, 7) is 2.99. The van der Waals surface area contributed by atoms with Gasteiger partial charge >= 0.3 is 0 Å². The summed E-state index contributed by atoms with van der Waals surface area (Å²) in [5.41, 5.74) is 2.78. The third-order valence-corrected chi connectivity index (χ3v) is 4.23. The van der Waals surface area contributed by atoms with Gasteiger partial charge < -0.3 is 14.9 Å². The summed E-state index contributed by atoms with van der Waals surface area (Å²) in [5, 5.41) is 4.34. The summed E-state index contributed by atoms with van der Waals surface area (Å²) in [4.78, 5) is 15.4. The normalized spacial score (nSPS) is 11.2. The predicted octanol–water partition coefficient (Wildman–Crippen LogP) is 4.53. The maximum atomic E-state index is 13.7. The number of H-pyrrole nitrogens is 1. The second-order valence-electron chi connectivity index (χ2n) is 5.71. The lowest BCUT2D eigenvalue weighted by Crippen LogP contribution is -2.12. The lowest BCUT2D eigenvalue weighted by Gasteiger charge is -2.05. The molecule has 0 fully saturated rings. The Morgan fingerprint density at radius 3 is 2.88 bits per heavy atom. The van der Waals surface area contributed by atoms with Crippen LogP contribution in [0, 0.1) is 5.82 Å². The molecule has 0 aliphatic heterocycles. The molecule has 5 heteroatoms. The molecule has 0 saturated heterocycles. The highest BCUT2D eigenvalue weighted by molar-refractivity contribution is 6.06. The van der Waals surface area contributed by atoms with Crippen LogP contribution in [0.2, 0.25) is 0 Å². The van der Waals surface area contributed by atoms with Gasteiger partial charge in [-0.25, -0.2) is 4.39 Å². The van der Waals surface area contributed by atoms with Crippen molar-refractivity contribution >= 4 is 33.4 Å². The average molecular weight is 321 g/mol. The predicted molar refractivity (Wildman–Crippen MR) is 93.8 cm³/mol. The van der Waals surface area contributed by atoms with Crippen LogP contribution < -0.4 is 5.32 Å². The van der Waals surface area contributed by atoms with Crippen LogP contribution in [-0.4, -0.2) is 15.5 Å². The molecule has 0 unspecified atom stereocenters. The first kappa shape index (κ1) is 14.5. The number of hydrogen-bond acceptors (Lipinski definition) is 1. The molecule has 0 aliphatic carbocycles. The van der Waals surface area contributed by atoms with Gasteiger partial charge in [0.25, 0.3) is 5.91 Å². The third-order valence-electron chi connectivity index (χ3n) is 4.23. The fourth-order valence-corrected chi connectivity index (χ4v) is 2.99. The van der Waals surface area contributed by atoms with E-state index in [1.54, 1.807) is 12.1 Å². The largest absolute Gasteiger partial charge is 0.350 e. The fraction of sp³-hybridized carbons (Fsp3) is 0.105. The number of aromatic nitrogens is 2. The number of nitrogens with zero attached hydrogens (tertiary/aromatic N) is 1. The van der Waals surface area contributed by atoms with E-state index in [1.165, 1.54) is 12.1 Å². The Labute approximate surface area is 137 Å². The minimum Gasteiger partial charge on any atom is -0.350 e. The molecular weight excluding hydrogens is 305 g/mol. The summed E-state index contributed by atoms with van der Waals surface area (Å²) >= 11 is 0. The van der Waals surface area contributed by atoms with E-state index in [-0.39, 0.29) is 11.7 Å². The van der Waals surface area contributed by atoms with Crippen molar-refractivity contribution in [2.45, 2.75) is 13.5 Å². The number of hydrogen-bond donors (Lipinski definition) is 2. The van der Waals surface area contributed by atoms with E-state index in [0.717, 1.165) is 17.4 Å². The number of nitrogens with one attached hydrogen (secondary N) is 2. The van der Waals surface area contributed by atoms with Crippen molar-refractivity contribution in [3.63, 3.8) is 0 Å². The summed E-state index contributed by atoms with van der Waals surface area (Å²) in [6.07, 6.45) is 2.02. The lowest BCUT2D eigenvalue weighted by molar-refractivity contribution is 0.102. The van der Waals surface area contributed by atoms with Crippen molar-refractivity contribution in [2.24, 2.45) is 0 Å². The molecule has 24 heavy (non-hydrogen) atoms. The molecule has 0 saturated carbocycles. The Balaban J connectivity index is 1.64. The molecule has 4 nitrogen and oxygen atoms in total. The molecule has 2 aromatic carbocycles. The molecule has 0 bridgehead atoms. The quantitative estimate of drug-likeness (QED) is 0.572. The van der Waals surface area contributed by atoms with Gasteiger partial charge in [0.05, 0.1) is 0 Å². The Morgan fingerprint density at radius 2 is 2.08 bits per heavy atom. The van der Waals surface area contributed by atoms with Crippen LogP contribution in [0.25, 0.3) is 21.8 Å². The summed E-state index contributed by atoms with van der Waals surface area (Å²) in [5.74, 6) is -0.634. The number of carbonyl (C=O) groups excluding carboxylic acids is 1. The van der Waals surface area contributed by atoms with Crippen LogP contribution in [0.5, 0.6) is 0 Å². The highest BCUT2D eigenvalue weighted by atomic mass is 19.1. The molecule has 0 atom stereocenters. The van der Waals surface area contributed by atoms with Gasteiger partial charge in [-0.2, -0.15) is 0 Å². The summed E-state index contributed by atoms with van der Waals surface area (Å²) in [7, 11) is 0. The zero-order chi connectivity index (χ0) is 16.7. The van der Waals surface area contributed by atoms with Gasteiger partial charge in [0, 0.05) is 40.2 Å². The van der Waals surface area contributed by atoms with Crippen molar-refractivity contribution in [2.75, 3.05) is 5.32 Å². The number of halogens is 1. The van der Waals surface area contributed by atoms with Gasteiger partial charge in [0.1, 0.15) is 11.5 Å². The number of carbonyl (C=O) groups is 1. The molecule has 0 aliphatic rings. The number of aryl methyl sites for hydroxylation is 1. The molecule has 0 spiro atoms. The van der Waals surface area contributed by atoms with Crippen molar-refractivity contribution < 1.29 is 9.18 Å². The molecule has 2 aromatic heterocycles. The van der Waals surface area contributed by atoms with E-state index in [4.69, 9.17) is 0 Å². The summed E-state index contributed by atoms with van der Waals surface area (Å²) in [6, 6.07) is 14.1. The van der Waals surface area contributed by atoms with Gasteiger partial charge in [0.2, 0.25) is 0 Å².